The number of hydrogen-bond acceptors (Lipinski definition) is 4. The molecule has 78 valence electrons. The molecule has 0 aliphatic carbocycles. The van der Waals surface area contributed by atoms with Gasteiger partial charge < -0.3 is 14.5 Å². The van der Waals surface area contributed by atoms with Gasteiger partial charge in [0.25, 0.3) is 5.56 Å². The van der Waals surface area contributed by atoms with Gasteiger partial charge in [-0.2, -0.15) is 0 Å². The average Bonchev–Trinajstić information content (AvgIpc) is 2.01. The minimum Gasteiger partial charge on any atom is -0.472 e. The standard InChI is InChI=1S/C9H14N2O3/c1-6(5-13-3)14-9-4-8(12)10-7(2)11-9/h4,6H,5H2,1-3H3,(H,10,11,12). The van der Waals surface area contributed by atoms with Gasteiger partial charge in [-0.25, -0.2) is 4.98 Å². The maximum absolute atomic E-state index is 11.0. The van der Waals surface area contributed by atoms with Crippen LogP contribution in [0.2, 0.25) is 0 Å². The predicted octanol–water partition coefficient (Wildman–Crippen LogP) is 0.492. The van der Waals surface area contributed by atoms with Crippen molar-refractivity contribution in [1.29, 1.82) is 0 Å². The first-order valence-electron chi connectivity index (χ1n) is 4.35. The molecular formula is C9H14N2O3. The van der Waals surface area contributed by atoms with Crippen molar-refractivity contribution >= 4 is 0 Å². The van der Waals surface area contributed by atoms with E-state index in [9.17, 15) is 4.79 Å². The van der Waals surface area contributed by atoms with Crippen molar-refractivity contribution in [3.05, 3.63) is 22.2 Å². The fourth-order valence-corrected chi connectivity index (χ4v) is 1.09. The van der Waals surface area contributed by atoms with E-state index < -0.39 is 0 Å². The summed E-state index contributed by atoms with van der Waals surface area (Å²) in [6.45, 7) is 4.02. The predicted molar refractivity (Wildman–Crippen MR) is 51.6 cm³/mol. The molecule has 14 heavy (non-hydrogen) atoms. The first-order chi connectivity index (χ1) is 6.61. The van der Waals surface area contributed by atoms with Gasteiger partial charge in [0.15, 0.2) is 0 Å². The van der Waals surface area contributed by atoms with Crippen molar-refractivity contribution < 1.29 is 9.47 Å². The molecule has 0 fully saturated rings. The molecule has 0 saturated carbocycles. The molecule has 5 heteroatoms. The Labute approximate surface area is 82.1 Å². The second kappa shape index (κ2) is 4.76. The zero-order valence-electron chi connectivity index (χ0n) is 8.53. The fraction of sp³-hybridized carbons (Fsp3) is 0.556. The minimum atomic E-state index is -0.211. The van der Waals surface area contributed by atoms with E-state index in [4.69, 9.17) is 9.47 Å². The van der Waals surface area contributed by atoms with Crippen molar-refractivity contribution in [2.75, 3.05) is 13.7 Å². The van der Waals surface area contributed by atoms with Crippen LogP contribution in [0.25, 0.3) is 0 Å². The van der Waals surface area contributed by atoms with E-state index in [2.05, 4.69) is 9.97 Å². The van der Waals surface area contributed by atoms with E-state index >= 15 is 0 Å². The highest BCUT2D eigenvalue weighted by molar-refractivity contribution is 5.08. The van der Waals surface area contributed by atoms with Gasteiger partial charge >= 0.3 is 0 Å². The lowest BCUT2D eigenvalue weighted by molar-refractivity contribution is 0.0886. The van der Waals surface area contributed by atoms with Crippen LogP contribution in [-0.2, 0) is 4.74 Å². The number of ether oxygens (including phenoxy) is 2. The van der Waals surface area contributed by atoms with Gasteiger partial charge in [0.2, 0.25) is 5.88 Å². The van der Waals surface area contributed by atoms with Gasteiger partial charge in [-0.05, 0) is 13.8 Å². The summed E-state index contributed by atoms with van der Waals surface area (Å²) in [4.78, 5) is 17.6. The molecule has 0 bridgehead atoms. The molecule has 0 aliphatic rings. The zero-order chi connectivity index (χ0) is 10.6. The van der Waals surface area contributed by atoms with Crippen molar-refractivity contribution in [3.8, 4) is 5.88 Å². The summed E-state index contributed by atoms with van der Waals surface area (Å²) in [7, 11) is 1.59. The summed E-state index contributed by atoms with van der Waals surface area (Å²) < 4.78 is 10.3. The third kappa shape index (κ3) is 3.18. The lowest BCUT2D eigenvalue weighted by Gasteiger charge is -2.12. The topological polar surface area (TPSA) is 64.2 Å². The third-order valence-electron chi connectivity index (χ3n) is 1.56. The molecule has 1 heterocycles. The van der Waals surface area contributed by atoms with Crippen molar-refractivity contribution in [3.63, 3.8) is 0 Å². The van der Waals surface area contributed by atoms with Gasteiger partial charge in [0.05, 0.1) is 12.7 Å². The molecule has 1 aromatic rings. The maximum atomic E-state index is 11.0. The summed E-state index contributed by atoms with van der Waals surface area (Å²) in [6, 6.07) is 1.32. The largest absolute Gasteiger partial charge is 0.472 e. The van der Waals surface area contributed by atoms with Crippen LogP contribution in [-0.4, -0.2) is 29.8 Å². The number of aromatic amines is 1. The lowest BCUT2D eigenvalue weighted by atomic mass is 10.4. The molecule has 1 aromatic heterocycles. The maximum Gasteiger partial charge on any atom is 0.254 e. The number of rotatable bonds is 4. The van der Waals surface area contributed by atoms with Gasteiger partial charge in [0.1, 0.15) is 11.9 Å². The zero-order valence-corrected chi connectivity index (χ0v) is 8.53. The van der Waals surface area contributed by atoms with Crippen LogP contribution >= 0.6 is 0 Å². The number of aryl methyl sites for hydroxylation is 1. The van der Waals surface area contributed by atoms with E-state index in [0.29, 0.717) is 18.3 Å². The molecule has 1 atom stereocenters. The molecule has 0 aliphatic heterocycles. The van der Waals surface area contributed by atoms with Gasteiger partial charge in [-0.15, -0.1) is 0 Å². The Bertz CT molecular complexity index is 348. The third-order valence-corrected chi connectivity index (χ3v) is 1.56. The Balaban J connectivity index is 2.71. The molecule has 0 radical (unpaired) electrons. The second-order valence-electron chi connectivity index (χ2n) is 3.05. The number of hydrogen-bond donors (Lipinski definition) is 1. The van der Waals surface area contributed by atoms with E-state index in [0.717, 1.165) is 0 Å². The van der Waals surface area contributed by atoms with Crippen LogP contribution in [0, 0.1) is 6.92 Å². The Kier molecular flexibility index (Phi) is 3.64. The highest BCUT2D eigenvalue weighted by atomic mass is 16.5. The first kappa shape index (κ1) is 10.7. The summed E-state index contributed by atoms with van der Waals surface area (Å²) >= 11 is 0. The number of methoxy groups -OCH3 is 1. The molecular weight excluding hydrogens is 184 g/mol. The Morgan fingerprint density at radius 1 is 1.64 bits per heavy atom. The van der Waals surface area contributed by atoms with Crippen LogP contribution in [0.4, 0.5) is 0 Å². The van der Waals surface area contributed by atoms with Gasteiger partial charge in [-0.3, -0.25) is 4.79 Å². The van der Waals surface area contributed by atoms with E-state index in [1.54, 1.807) is 14.0 Å². The lowest BCUT2D eigenvalue weighted by Crippen LogP contribution is -2.20. The fourth-order valence-electron chi connectivity index (χ4n) is 1.09. The van der Waals surface area contributed by atoms with Crippen LogP contribution in [0.15, 0.2) is 10.9 Å². The van der Waals surface area contributed by atoms with Crippen LogP contribution in [0.1, 0.15) is 12.7 Å². The SMILES string of the molecule is COCC(C)Oc1cc(=O)[nH]c(C)n1. The molecule has 1 unspecified atom stereocenters. The Morgan fingerprint density at radius 2 is 2.36 bits per heavy atom. The first-order valence-corrected chi connectivity index (χ1v) is 4.35. The highest BCUT2D eigenvalue weighted by Crippen LogP contribution is 2.04. The summed E-state index contributed by atoms with van der Waals surface area (Å²) in [5, 5.41) is 0. The Hall–Kier alpha value is -1.36. The van der Waals surface area contributed by atoms with Crippen molar-refractivity contribution in [2.45, 2.75) is 20.0 Å². The van der Waals surface area contributed by atoms with Gasteiger partial charge in [0, 0.05) is 7.11 Å². The normalized spacial score (nSPS) is 12.5. The van der Waals surface area contributed by atoms with Crippen LogP contribution in [0.3, 0.4) is 0 Å². The summed E-state index contributed by atoms with van der Waals surface area (Å²) in [5.74, 6) is 0.868. The molecule has 1 rings (SSSR count). The van der Waals surface area contributed by atoms with Crippen LogP contribution in [0.5, 0.6) is 5.88 Å². The van der Waals surface area contributed by atoms with E-state index in [1.165, 1.54) is 6.07 Å². The van der Waals surface area contributed by atoms with Gasteiger partial charge in [-0.1, -0.05) is 0 Å². The molecule has 0 spiro atoms. The molecule has 0 amide bonds. The number of H-pyrrole nitrogens is 1. The Morgan fingerprint density at radius 3 is 2.93 bits per heavy atom. The highest BCUT2D eigenvalue weighted by Gasteiger charge is 2.05. The number of nitrogens with zero attached hydrogens (tertiary/aromatic N) is 1. The molecule has 5 nitrogen and oxygen atoms in total. The number of nitrogens with one attached hydrogen (secondary N) is 1. The number of aromatic nitrogens is 2. The molecule has 0 aromatic carbocycles. The summed E-state index contributed by atoms with van der Waals surface area (Å²) in [6.07, 6.45) is -0.117. The quantitative estimate of drug-likeness (QED) is 0.764. The summed E-state index contributed by atoms with van der Waals surface area (Å²) in [5.41, 5.74) is -0.211. The minimum absolute atomic E-state index is 0.117. The molecule has 0 saturated heterocycles. The monoisotopic (exact) mass is 198 g/mol. The van der Waals surface area contributed by atoms with Crippen molar-refractivity contribution in [2.24, 2.45) is 0 Å². The second-order valence-corrected chi connectivity index (χ2v) is 3.05. The van der Waals surface area contributed by atoms with E-state index in [-0.39, 0.29) is 11.7 Å². The van der Waals surface area contributed by atoms with Crippen LogP contribution < -0.4 is 10.3 Å². The average molecular weight is 198 g/mol. The molecule has 1 N–H and O–H groups in total. The smallest absolute Gasteiger partial charge is 0.254 e. The van der Waals surface area contributed by atoms with Crippen molar-refractivity contribution in [1.82, 2.24) is 9.97 Å². The van der Waals surface area contributed by atoms with E-state index in [1.807, 2.05) is 6.92 Å².